The van der Waals surface area contributed by atoms with Crippen LogP contribution in [0.4, 0.5) is 0 Å². The Bertz CT molecular complexity index is 416. The van der Waals surface area contributed by atoms with Gasteiger partial charge >= 0.3 is 0 Å². The highest BCUT2D eigenvalue weighted by atomic mass is 16.5. The highest BCUT2D eigenvalue weighted by molar-refractivity contribution is 5.57. The van der Waals surface area contributed by atoms with Gasteiger partial charge in [-0.3, -0.25) is 10.9 Å². The summed E-state index contributed by atoms with van der Waals surface area (Å²) in [5, 5.41) is 0. The molecule has 0 aromatic heterocycles. The minimum atomic E-state index is -0.0885. The number of nitrogens with one attached hydrogen (secondary N) is 2. The van der Waals surface area contributed by atoms with Crippen LogP contribution in [0.1, 0.15) is 53.0 Å². The Hall–Kier alpha value is -1.39. The molecule has 0 saturated heterocycles. The molecule has 0 saturated carbocycles. The highest BCUT2D eigenvalue weighted by Crippen LogP contribution is 2.17. The topological polar surface area (TPSA) is 50.4 Å². The summed E-state index contributed by atoms with van der Waals surface area (Å²) in [6.07, 6.45) is 4.12. The van der Waals surface area contributed by atoms with E-state index >= 15 is 0 Å². The van der Waals surface area contributed by atoms with E-state index in [1.165, 1.54) is 5.56 Å². The zero-order valence-corrected chi connectivity index (χ0v) is 15.6. The van der Waals surface area contributed by atoms with Crippen molar-refractivity contribution in [3.63, 3.8) is 0 Å². The minimum Gasteiger partial charge on any atom is -0.494 e. The molecule has 4 heteroatoms. The molecule has 0 aliphatic carbocycles. The van der Waals surface area contributed by atoms with E-state index in [9.17, 15) is 4.79 Å². The van der Waals surface area contributed by atoms with Gasteiger partial charge in [0.05, 0.1) is 6.61 Å². The lowest BCUT2D eigenvalue weighted by molar-refractivity contribution is -0.115. The molecule has 0 amide bonds. The predicted molar refractivity (Wildman–Crippen MR) is 97.7 cm³/mol. The van der Waals surface area contributed by atoms with E-state index in [-0.39, 0.29) is 5.41 Å². The Kier molecular flexibility index (Phi) is 11.4. The number of hydrazine groups is 1. The maximum absolute atomic E-state index is 10.2. The van der Waals surface area contributed by atoms with Gasteiger partial charge in [0.15, 0.2) is 0 Å². The first-order valence-corrected chi connectivity index (χ1v) is 8.48. The fourth-order valence-corrected chi connectivity index (χ4v) is 2.24. The van der Waals surface area contributed by atoms with Crippen LogP contribution in [0, 0.1) is 5.41 Å². The van der Waals surface area contributed by atoms with Gasteiger partial charge in [-0.1, -0.05) is 39.3 Å². The summed E-state index contributed by atoms with van der Waals surface area (Å²) in [5.74, 6) is 0.940. The molecule has 0 heterocycles. The first-order valence-electron chi connectivity index (χ1n) is 8.48. The Morgan fingerprint density at radius 2 is 1.83 bits per heavy atom. The van der Waals surface area contributed by atoms with Crippen molar-refractivity contribution in [3.8, 4) is 5.75 Å². The molecule has 0 spiro atoms. The predicted octanol–water partition coefficient (Wildman–Crippen LogP) is 3.75. The number of carbonyl (C=O) groups excluding carboxylic acids is 1. The number of rotatable bonds is 9. The van der Waals surface area contributed by atoms with Crippen molar-refractivity contribution in [1.82, 2.24) is 10.9 Å². The summed E-state index contributed by atoms with van der Waals surface area (Å²) in [6, 6.07) is 8.68. The van der Waals surface area contributed by atoms with E-state index in [2.05, 4.69) is 36.8 Å². The van der Waals surface area contributed by atoms with Gasteiger partial charge in [0.2, 0.25) is 0 Å². The summed E-state index contributed by atoms with van der Waals surface area (Å²) in [7, 11) is 1.88. The number of hydrogen-bond donors (Lipinski definition) is 2. The number of ether oxygens (including phenoxy) is 1. The van der Waals surface area contributed by atoms with Gasteiger partial charge in [0.1, 0.15) is 12.0 Å². The lowest BCUT2D eigenvalue weighted by atomic mass is 9.90. The molecule has 1 atom stereocenters. The fraction of sp³-hybridized carbons (Fsp3) is 0.632. The van der Waals surface area contributed by atoms with E-state index in [0.717, 1.165) is 37.9 Å². The van der Waals surface area contributed by atoms with E-state index < -0.39 is 0 Å². The van der Waals surface area contributed by atoms with Crippen molar-refractivity contribution in [3.05, 3.63) is 29.8 Å². The summed E-state index contributed by atoms with van der Waals surface area (Å²) in [5.41, 5.74) is 7.32. The second-order valence-corrected chi connectivity index (χ2v) is 6.43. The van der Waals surface area contributed by atoms with Crippen molar-refractivity contribution in [2.75, 3.05) is 13.7 Å². The van der Waals surface area contributed by atoms with Gasteiger partial charge in [0, 0.05) is 11.5 Å². The average molecular weight is 322 g/mol. The molecule has 0 aliphatic heterocycles. The van der Waals surface area contributed by atoms with Gasteiger partial charge in [-0.05, 0) is 51.4 Å². The van der Waals surface area contributed by atoms with Crippen LogP contribution in [0.25, 0.3) is 0 Å². The van der Waals surface area contributed by atoms with Gasteiger partial charge in [0.25, 0.3) is 0 Å². The molecule has 0 radical (unpaired) electrons. The summed E-state index contributed by atoms with van der Waals surface area (Å²) < 4.78 is 5.39. The van der Waals surface area contributed by atoms with Crippen LogP contribution in [-0.4, -0.2) is 26.0 Å². The Balaban J connectivity index is 0.000000515. The van der Waals surface area contributed by atoms with E-state index in [1.54, 1.807) is 0 Å². The summed E-state index contributed by atoms with van der Waals surface area (Å²) >= 11 is 0. The molecule has 0 aliphatic rings. The number of aldehydes is 1. The SMILES string of the molecule is CCCC(C)(C)C=O.CCOc1ccc(CC(C)NNC)cc1. The maximum Gasteiger partial charge on any atom is 0.125 e. The zero-order chi connectivity index (χ0) is 17.7. The van der Waals surface area contributed by atoms with Crippen LogP contribution in [0.2, 0.25) is 0 Å². The van der Waals surface area contributed by atoms with Crippen molar-refractivity contribution < 1.29 is 9.53 Å². The highest BCUT2D eigenvalue weighted by Gasteiger charge is 2.13. The summed E-state index contributed by atoms with van der Waals surface area (Å²) in [6.45, 7) is 10.9. The Morgan fingerprint density at radius 3 is 2.22 bits per heavy atom. The van der Waals surface area contributed by atoms with Crippen molar-refractivity contribution >= 4 is 6.29 Å². The molecule has 132 valence electrons. The smallest absolute Gasteiger partial charge is 0.125 e. The van der Waals surface area contributed by atoms with Crippen LogP contribution >= 0.6 is 0 Å². The van der Waals surface area contributed by atoms with Crippen LogP contribution in [0.3, 0.4) is 0 Å². The number of benzene rings is 1. The number of hydrogen-bond acceptors (Lipinski definition) is 4. The normalized spacial score (nSPS) is 12.1. The van der Waals surface area contributed by atoms with Crippen molar-refractivity contribution in [1.29, 1.82) is 0 Å². The van der Waals surface area contributed by atoms with Crippen LogP contribution < -0.4 is 15.6 Å². The second-order valence-electron chi connectivity index (χ2n) is 6.43. The fourth-order valence-electron chi connectivity index (χ4n) is 2.24. The molecule has 4 nitrogen and oxygen atoms in total. The van der Waals surface area contributed by atoms with Gasteiger partial charge in [-0.2, -0.15) is 0 Å². The lowest BCUT2D eigenvalue weighted by Gasteiger charge is -2.13. The van der Waals surface area contributed by atoms with Crippen molar-refractivity contribution in [2.45, 2.75) is 59.9 Å². The van der Waals surface area contributed by atoms with E-state index in [4.69, 9.17) is 4.74 Å². The monoisotopic (exact) mass is 322 g/mol. The third-order valence-electron chi connectivity index (χ3n) is 3.38. The standard InChI is InChI=1S/C12H20N2O.C7H14O/c1-4-15-12-7-5-11(6-8-12)9-10(2)14-13-3;1-4-5-7(2,3)6-8/h5-8,10,13-14H,4,9H2,1-3H3;6H,4-5H2,1-3H3. The molecule has 1 aromatic rings. The Labute approximate surface area is 142 Å². The molecule has 0 fully saturated rings. The van der Waals surface area contributed by atoms with E-state index in [0.29, 0.717) is 6.04 Å². The third kappa shape index (κ3) is 10.9. The third-order valence-corrected chi connectivity index (χ3v) is 3.38. The number of carbonyl (C=O) groups is 1. The Morgan fingerprint density at radius 1 is 1.22 bits per heavy atom. The second kappa shape index (κ2) is 12.1. The molecule has 1 aromatic carbocycles. The van der Waals surface area contributed by atoms with E-state index in [1.807, 2.05) is 40.0 Å². The largest absolute Gasteiger partial charge is 0.494 e. The van der Waals surface area contributed by atoms with Crippen LogP contribution in [-0.2, 0) is 11.2 Å². The molecular weight excluding hydrogens is 288 g/mol. The molecular formula is C19H34N2O2. The first kappa shape index (κ1) is 21.6. The minimum absolute atomic E-state index is 0.0885. The van der Waals surface area contributed by atoms with Gasteiger partial charge < -0.3 is 9.53 Å². The zero-order valence-electron chi connectivity index (χ0n) is 15.6. The van der Waals surface area contributed by atoms with Gasteiger partial charge in [-0.15, -0.1) is 0 Å². The van der Waals surface area contributed by atoms with Gasteiger partial charge in [-0.25, -0.2) is 0 Å². The molecule has 2 N–H and O–H groups in total. The van der Waals surface area contributed by atoms with Crippen LogP contribution in [0.5, 0.6) is 5.75 Å². The molecule has 1 unspecified atom stereocenters. The van der Waals surface area contributed by atoms with Crippen molar-refractivity contribution in [2.24, 2.45) is 5.41 Å². The molecule has 1 rings (SSSR count). The molecule has 23 heavy (non-hydrogen) atoms. The average Bonchev–Trinajstić information content (AvgIpc) is 2.50. The maximum atomic E-state index is 10.2. The molecule has 0 bridgehead atoms. The first-order chi connectivity index (χ1) is 10.9. The van der Waals surface area contributed by atoms with Crippen LogP contribution in [0.15, 0.2) is 24.3 Å². The quantitative estimate of drug-likeness (QED) is 0.537. The lowest BCUT2D eigenvalue weighted by Crippen LogP contribution is -2.37. The summed E-state index contributed by atoms with van der Waals surface area (Å²) in [4.78, 5) is 10.2.